The van der Waals surface area contributed by atoms with E-state index in [1.807, 2.05) is 32.4 Å². The van der Waals surface area contributed by atoms with Gasteiger partial charge in [-0.2, -0.15) is 5.10 Å². The average Bonchev–Trinajstić information content (AvgIpc) is 2.88. The molecule has 0 radical (unpaired) electrons. The third-order valence-electron chi connectivity index (χ3n) is 2.77. The molecule has 0 atom stereocenters. The fraction of sp³-hybridized carbons (Fsp3) is 0.417. The largest absolute Gasteiger partial charge is 0.359 e. The first-order valence-corrected chi connectivity index (χ1v) is 5.92. The number of anilines is 1. The van der Waals surface area contributed by atoms with Crippen LogP contribution in [-0.4, -0.2) is 33.8 Å². The van der Waals surface area contributed by atoms with Gasteiger partial charge >= 0.3 is 0 Å². The van der Waals surface area contributed by atoms with Crippen molar-refractivity contribution in [2.75, 3.05) is 18.5 Å². The van der Waals surface area contributed by atoms with Crippen molar-refractivity contribution in [2.24, 2.45) is 5.73 Å². The highest BCUT2D eigenvalue weighted by Crippen LogP contribution is 2.11. The topological polar surface area (TPSA) is 83.7 Å². The summed E-state index contributed by atoms with van der Waals surface area (Å²) in [6, 6.07) is 1.93. The second-order valence-electron chi connectivity index (χ2n) is 4.25. The van der Waals surface area contributed by atoms with Crippen LogP contribution in [0.15, 0.2) is 18.5 Å². The number of hydrogen-bond acceptors (Lipinski definition) is 5. The molecule has 0 aliphatic rings. The average molecular weight is 246 g/mol. The van der Waals surface area contributed by atoms with Gasteiger partial charge in [-0.05, 0) is 18.9 Å². The monoisotopic (exact) mass is 246 g/mol. The molecule has 0 aromatic carbocycles. The third kappa shape index (κ3) is 3.04. The van der Waals surface area contributed by atoms with Gasteiger partial charge in [-0.25, -0.2) is 9.97 Å². The van der Waals surface area contributed by atoms with Gasteiger partial charge in [0.1, 0.15) is 11.6 Å². The number of nitrogens with one attached hydrogen (secondary N) is 1. The molecule has 2 aromatic heterocycles. The Hall–Kier alpha value is -1.95. The highest BCUT2D eigenvalue weighted by atomic mass is 15.2. The predicted octanol–water partition coefficient (Wildman–Crippen LogP) is 0.646. The quantitative estimate of drug-likeness (QED) is 0.809. The van der Waals surface area contributed by atoms with Crippen molar-refractivity contribution in [3.63, 3.8) is 0 Å². The first-order chi connectivity index (χ1) is 8.69. The summed E-state index contributed by atoms with van der Waals surface area (Å²) in [7, 11) is 2.02. The summed E-state index contributed by atoms with van der Waals surface area (Å²) in [5.74, 6) is 1.66. The molecule has 0 saturated heterocycles. The van der Waals surface area contributed by atoms with Crippen molar-refractivity contribution in [3.8, 4) is 0 Å². The number of aromatic nitrogens is 4. The molecule has 0 bridgehead atoms. The summed E-state index contributed by atoms with van der Waals surface area (Å²) in [4.78, 5) is 10.8. The summed E-state index contributed by atoms with van der Waals surface area (Å²) in [6.45, 7) is 3.19. The van der Waals surface area contributed by atoms with Crippen LogP contribution in [0.25, 0.3) is 0 Å². The van der Waals surface area contributed by atoms with Gasteiger partial charge in [0.05, 0.1) is 11.9 Å². The zero-order valence-electron chi connectivity index (χ0n) is 10.7. The van der Waals surface area contributed by atoms with Gasteiger partial charge in [0.25, 0.3) is 0 Å². The fourth-order valence-corrected chi connectivity index (χ4v) is 1.74. The highest BCUT2D eigenvalue weighted by Gasteiger charge is 2.06. The third-order valence-corrected chi connectivity index (χ3v) is 2.77. The van der Waals surface area contributed by atoms with E-state index >= 15 is 0 Å². The van der Waals surface area contributed by atoms with Gasteiger partial charge in [0.2, 0.25) is 0 Å². The molecule has 0 amide bonds. The first-order valence-electron chi connectivity index (χ1n) is 5.92. The van der Waals surface area contributed by atoms with Crippen LogP contribution in [-0.2, 0) is 13.0 Å². The molecule has 0 spiro atoms. The summed E-state index contributed by atoms with van der Waals surface area (Å²) < 4.78 is 0. The molecule has 0 aliphatic carbocycles. The van der Waals surface area contributed by atoms with E-state index in [1.165, 1.54) is 5.56 Å². The lowest BCUT2D eigenvalue weighted by Crippen LogP contribution is -2.22. The standard InChI is InChI=1S/C12H18N6/c1-9-16-11(6-13)5-12(17-9)18(2)4-3-10-7-14-15-8-10/h5,7-8H,3-4,6,13H2,1-2H3,(H,14,15). The second kappa shape index (κ2) is 5.59. The minimum Gasteiger partial charge on any atom is -0.359 e. The fourth-order valence-electron chi connectivity index (χ4n) is 1.74. The number of hydrogen-bond donors (Lipinski definition) is 2. The number of nitrogens with two attached hydrogens (primary N) is 1. The van der Waals surface area contributed by atoms with Gasteiger partial charge in [-0.1, -0.05) is 0 Å². The lowest BCUT2D eigenvalue weighted by Gasteiger charge is -2.18. The lowest BCUT2D eigenvalue weighted by molar-refractivity contribution is 0.835. The Morgan fingerprint density at radius 2 is 2.22 bits per heavy atom. The predicted molar refractivity (Wildman–Crippen MR) is 70.2 cm³/mol. The second-order valence-corrected chi connectivity index (χ2v) is 4.25. The van der Waals surface area contributed by atoms with Crippen LogP contribution >= 0.6 is 0 Å². The summed E-state index contributed by atoms with van der Waals surface area (Å²) in [5, 5.41) is 6.74. The number of H-pyrrole nitrogens is 1. The SMILES string of the molecule is Cc1nc(CN)cc(N(C)CCc2cn[nH]c2)n1. The van der Waals surface area contributed by atoms with E-state index in [0.29, 0.717) is 6.54 Å². The van der Waals surface area contributed by atoms with Gasteiger partial charge < -0.3 is 10.6 Å². The molecule has 6 nitrogen and oxygen atoms in total. The minimum absolute atomic E-state index is 0.436. The van der Waals surface area contributed by atoms with E-state index in [1.54, 1.807) is 0 Å². The van der Waals surface area contributed by atoms with E-state index in [4.69, 9.17) is 5.73 Å². The van der Waals surface area contributed by atoms with E-state index in [9.17, 15) is 0 Å². The first kappa shape index (κ1) is 12.5. The maximum atomic E-state index is 5.62. The Bertz CT molecular complexity index is 493. The summed E-state index contributed by atoms with van der Waals surface area (Å²) in [5.41, 5.74) is 7.67. The van der Waals surface area contributed by atoms with E-state index in [-0.39, 0.29) is 0 Å². The molecule has 2 aromatic rings. The molecule has 0 saturated carbocycles. The normalized spacial score (nSPS) is 10.6. The van der Waals surface area contributed by atoms with Crippen LogP contribution in [0.1, 0.15) is 17.1 Å². The smallest absolute Gasteiger partial charge is 0.132 e. The van der Waals surface area contributed by atoms with Crippen LogP contribution in [0.4, 0.5) is 5.82 Å². The summed E-state index contributed by atoms with van der Waals surface area (Å²) >= 11 is 0. The van der Waals surface area contributed by atoms with E-state index in [2.05, 4.69) is 25.1 Å². The van der Waals surface area contributed by atoms with E-state index < -0.39 is 0 Å². The number of rotatable bonds is 5. The zero-order chi connectivity index (χ0) is 13.0. The Labute approximate surface area is 106 Å². The molecule has 96 valence electrons. The Balaban J connectivity index is 2.03. The van der Waals surface area contributed by atoms with Crippen LogP contribution in [0.5, 0.6) is 0 Å². The minimum atomic E-state index is 0.436. The van der Waals surface area contributed by atoms with Gasteiger partial charge in [0.15, 0.2) is 0 Å². The van der Waals surface area contributed by atoms with Crippen molar-refractivity contribution in [2.45, 2.75) is 19.9 Å². The number of aromatic amines is 1. The number of aryl methyl sites for hydroxylation is 1. The van der Waals surface area contributed by atoms with Crippen molar-refractivity contribution >= 4 is 5.82 Å². The van der Waals surface area contributed by atoms with Crippen LogP contribution in [0.2, 0.25) is 0 Å². The Morgan fingerprint density at radius 1 is 1.39 bits per heavy atom. The van der Waals surface area contributed by atoms with Gasteiger partial charge in [0, 0.05) is 32.4 Å². The maximum Gasteiger partial charge on any atom is 0.132 e. The molecular weight excluding hydrogens is 228 g/mol. The molecule has 2 heterocycles. The molecule has 0 unspecified atom stereocenters. The molecule has 6 heteroatoms. The van der Waals surface area contributed by atoms with E-state index in [0.717, 1.165) is 30.3 Å². The van der Waals surface area contributed by atoms with Crippen LogP contribution < -0.4 is 10.6 Å². The van der Waals surface area contributed by atoms with Crippen molar-refractivity contribution in [3.05, 3.63) is 35.5 Å². The summed E-state index contributed by atoms with van der Waals surface area (Å²) in [6.07, 6.45) is 4.67. The van der Waals surface area contributed by atoms with Crippen molar-refractivity contribution in [1.29, 1.82) is 0 Å². The molecule has 18 heavy (non-hydrogen) atoms. The molecule has 0 aliphatic heterocycles. The Kier molecular flexibility index (Phi) is 3.88. The molecule has 2 rings (SSSR count). The Morgan fingerprint density at radius 3 is 2.89 bits per heavy atom. The number of likely N-dealkylation sites (N-methyl/N-ethyl adjacent to an activating group) is 1. The van der Waals surface area contributed by atoms with Gasteiger partial charge in [-0.15, -0.1) is 0 Å². The molecule has 3 N–H and O–H groups in total. The zero-order valence-corrected chi connectivity index (χ0v) is 10.7. The van der Waals surface area contributed by atoms with Crippen LogP contribution in [0, 0.1) is 6.92 Å². The van der Waals surface area contributed by atoms with Crippen LogP contribution in [0.3, 0.4) is 0 Å². The molecule has 0 fully saturated rings. The molecular formula is C12H18N6. The van der Waals surface area contributed by atoms with Gasteiger partial charge in [-0.3, -0.25) is 5.10 Å². The highest BCUT2D eigenvalue weighted by molar-refractivity contribution is 5.39. The van der Waals surface area contributed by atoms with Crippen molar-refractivity contribution < 1.29 is 0 Å². The lowest BCUT2D eigenvalue weighted by atomic mass is 10.2. The maximum absolute atomic E-state index is 5.62. The number of nitrogens with zero attached hydrogens (tertiary/aromatic N) is 4. The van der Waals surface area contributed by atoms with Crippen molar-refractivity contribution in [1.82, 2.24) is 20.2 Å².